The van der Waals surface area contributed by atoms with Crippen LogP contribution in [-0.2, 0) is 5.75 Å². The van der Waals surface area contributed by atoms with Gasteiger partial charge in [0.1, 0.15) is 5.76 Å². The van der Waals surface area contributed by atoms with Crippen molar-refractivity contribution in [2.24, 2.45) is 0 Å². The molecule has 1 aromatic heterocycles. The Labute approximate surface area is 93.5 Å². The molecule has 0 bridgehead atoms. The van der Waals surface area contributed by atoms with E-state index in [9.17, 15) is 0 Å². The number of nitrogen functional groups attached to an aromatic ring is 1. The third-order valence-corrected chi connectivity index (χ3v) is 3.03. The van der Waals surface area contributed by atoms with Crippen molar-refractivity contribution in [1.29, 1.82) is 0 Å². The molecule has 0 unspecified atom stereocenters. The molecule has 2 rings (SSSR count). The van der Waals surface area contributed by atoms with Gasteiger partial charge in [-0.25, -0.2) is 0 Å². The first-order valence-corrected chi connectivity index (χ1v) is 5.75. The lowest BCUT2D eigenvalue weighted by Gasteiger charge is -2.03. The summed E-state index contributed by atoms with van der Waals surface area (Å²) < 4.78 is 5.26. The largest absolute Gasteiger partial charge is 0.468 e. The van der Waals surface area contributed by atoms with Gasteiger partial charge in [0.15, 0.2) is 0 Å². The van der Waals surface area contributed by atoms with Crippen molar-refractivity contribution in [2.75, 3.05) is 5.73 Å². The summed E-state index contributed by atoms with van der Waals surface area (Å²) in [5.74, 6) is 1.83. The van der Waals surface area contributed by atoms with E-state index in [0.29, 0.717) is 0 Å². The zero-order valence-electron chi connectivity index (χ0n) is 8.57. The van der Waals surface area contributed by atoms with Crippen molar-refractivity contribution < 1.29 is 4.42 Å². The van der Waals surface area contributed by atoms with Crippen LogP contribution < -0.4 is 5.73 Å². The maximum atomic E-state index is 5.77. The number of anilines is 1. The monoisotopic (exact) mass is 219 g/mol. The number of hydrogen-bond acceptors (Lipinski definition) is 3. The number of hydrogen-bond donors (Lipinski definition) is 1. The Morgan fingerprint density at radius 1 is 1.33 bits per heavy atom. The zero-order chi connectivity index (χ0) is 10.7. The van der Waals surface area contributed by atoms with Gasteiger partial charge < -0.3 is 10.2 Å². The number of furan rings is 1. The number of aryl methyl sites for hydroxylation is 1. The minimum Gasteiger partial charge on any atom is -0.468 e. The minimum atomic E-state index is 0.817. The second-order valence-electron chi connectivity index (χ2n) is 3.45. The first kappa shape index (κ1) is 10.2. The Bertz CT molecular complexity index is 417. The molecule has 2 nitrogen and oxygen atoms in total. The van der Waals surface area contributed by atoms with E-state index in [1.54, 1.807) is 18.0 Å². The SMILES string of the molecule is Cc1cc(N)cc(SCc2ccco2)c1. The second kappa shape index (κ2) is 4.45. The summed E-state index contributed by atoms with van der Waals surface area (Å²) in [5.41, 5.74) is 7.78. The summed E-state index contributed by atoms with van der Waals surface area (Å²) in [5, 5.41) is 0. The van der Waals surface area contributed by atoms with Crippen LogP contribution in [0.25, 0.3) is 0 Å². The first-order valence-electron chi connectivity index (χ1n) is 4.76. The molecule has 1 heterocycles. The highest BCUT2D eigenvalue weighted by atomic mass is 32.2. The number of nitrogens with two attached hydrogens (primary N) is 1. The summed E-state index contributed by atoms with van der Waals surface area (Å²) in [6, 6.07) is 9.97. The molecule has 0 fully saturated rings. The van der Waals surface area contributed by atoms with Crippen LogP contribution in [0.5, 0.6) is 0 Å². The fraction of sp³-hybridized carbons (Fsp3) is 0.167. The summed E-state index contributed by atoms with van der Waals surface area (Å²) in [7, 11) is 0. The standard InChI is InChI=1S/C12H13NOS/c1-9-5-10(13)7-12(6-9)15-8-11-3-2-4-14-11/h2-7H,8,13H2,1H3. The van der Waals surface area contributed by atoms with Gasteiger partial charge in [-0.05, 0) is 42.8 Å². The topological polar surface area (TPSA) is 39.2 Å². The molecule has 0 amide bonds. The molecule has 15 heavy (non-hydrogen) atoms. The van der Waals surface area contributed by atoms with E-state index in [2.05, 4.69) is 6.07 Å². The van der Waals surface area contributed by atoms with Crippen molar-refractivity contribution in [1.82, 2.24) is 0 Å². The van der Waals surface area contributed by atoms with Gasteiger partial charge in [0.25, 0.3) is 0 Å². The van der Waals surface area contributed by atoms with E-state index in [-0.39, 0.29) is 0 Å². The molecule has 0 spiro atoms. The van der Waals surface area contributed by atoms with Crippen LogP contribution in [0, 0.1) is 6.92 Å². The quantitative estimate of drug-likeness (QED) is 0.634. The predicted molar refractivity (Wildman–Crippen MR) is 63.9 cm³/mol. The third kappa shape index (κ3) is 2.80. The molecule has 0 aliphatic heterocycles. The molecule has 3 heteroatoms. The predicted octanol–water partition coefficient (Wildman–Crippen LogP) is 3.46. The van der Waals surface area contributed by atoms with Crippen LogP contribution in [-0.4, -0.2) is 0 Å². The Morgan fingerprint density at radius 2 is 2.20 bits per heavy atom. The van der Waals surface area contributed by atoms with Gasteiger partial charge in [-0.3, -0.25) is 0 Å². The van der Waals surface area contributed by atoms with E-state index >= 15 is 0 Å². The van der Waals surface area contributed by atoms with Crippen molar-refractivity contribution in [3.8, 4) is 0 Å². The van der Waals surface area contributed by atoms with Crippen molar-refractivity contribution >= 4 is 17.4 Å². The molecule has 2 N–H and O–H groups in total. The summed E-state index contributed by atoms with van der Waals surface area (Å²) >= 11 is 1.73. The van der Waals surface area contributed by atoms with Gasteiger partial charge in [0.2, 0.25) is 0 Å². The molecule has 0 saturated heterocycles. The average molecular weight is 219 g/mol. The van der Waals surface area contributed by atoms with Gasteiger partial charge in [-0.1, -0.05) is 0 Å². The minimum absolute atomic E-state index is 0.817. The Hall–Kier alpha value is -1.35. The lowest BCUT2D eigenvalue weighted by molar-refractivity contribution is 0.530. The third-order valence-electron chi connectivity index (χ3n) is 2.03. The number of rotatable bonds is 3. The van der Waals surface area contributed by atoms with Crippen LogP contribution in [0.4, 0.5) is 5.69 Å². The van der Waals surface area contributed by atoms with E-state index in [0.717, 1.165) is 17.2 Å². The van der Waals surface area contributed by atoms with Crippen molar-refractivity contribution in [3.63, 3.8) is 0 Å². The van der Waals surface area contributed by atoms with Crippen LogP contribution >= 0.6 is 11.8 Å². The normalized spacial score (nSPS) is 10.5. The first-order chi connectivity index (χ1) is 7.24. The molecule has 0 aliphatic carbocycles. The molecule has 0 aliphatic rings. The highest BCUT2D eigenvalue weighted by Crippen LogP contribution is 2.25. The average Bonchev–Trinajstić information content (AvgIpc) is 2.65. The van der Waals surface area contributed by atoms with Gasteiger partial charge in [0.05, 0.1) is 12.0 Å². The molecular weight excluding hydrogens is 206 g/mol. The smallest absolute Gasteiger partial charge is 0.113 e. The van der Waals surface area contributed by atoms with Gasteiger partial charge in [-0.2, -0.15) is 0 Å². The van der Waals surface area contributed by atoms with Crippen molar-refractivity contribution in [3.05, 3.63) is 47.9 Å². The van der Waals surface area contributed by atoms with Gasteiger partial charge in [0, 0.05) is 10.6 Å². The summed E-state index contributed by atoms with van der Waals surface area (Å²) in [4.78, 5) is 1.18. The molecular formula is C12H13NOS. The number of thioether (sulfide) groups is 1. The molecule has 0 atom stereocenters. The van der Waals surface area contributed by atoms with Gasteiger partial charge in [-0.15, -0.1) is 11.8 Å². The van der Waals surface area contributed by atoms with E-state index in [1.165, 1.54) is 10.5 Å². The van der Waals surface area contributed by atoms with Crippen LogP contribution in [0.15, 0.2) is 45.9 Å². The van der Waals surface area contributed by atoms with E-state index < -0.39 is 0 Å². The lowest BCUT2D eigenvalue weighted by atomic mass is 10.2. The fourth-order valence-electron chi connectivity index (χ4n) is 1.41. The van der Waals surface area contributed by atoms with Crippen LogP contribution in [0.2, 0.25) is 0 Å². The maximum absolute atomic E-state index is 5.77. The van der Waals surface area contributed by atoms with E-state index in [1.807, 2.05) is 31.2 Å². The van der Waals surface area contributed by atoms with Gasteiger partial charge >= 0.3 is 0 Å². The molecule has 0 radical (unpaired) electrons. The lowest BCUT2D eigenvalue weighted by Crippen LogP contribution is -1.86. The van der Waals surface area contributed by atoms with Crippen LogP contribution in [0.3, 0.4) is 0 Å². The van der Waals surface area contributed by atoms with Crippen molar-refractivity contribution in [2.45, 2.75) is 17.6 Å². The summed E-state index contributed by atoms with van der Waals surface area (Å²) in [6.45, 7) is 2.05. The zero-order valence-corrected chi connectivity index (χ0v) is 9.38. The highest BCUT2D eigenvalue weighted by Gasteiger charge is 2.00. The Balaban J connectivity index is 2.05. The Kier molecular flexibility index (Phi) is 3.02. The summed E-state index contributed by atoms with van der Waals surface area (Å²) in [6.07, 6.45) is 1.69. The maximum Gasteiger partial charge on any atom is 0.113 e. The molecule has 2 aromatic rings. The second-order valence-corrected chi connectivity index (χ2v) is 4.50. The van der Waals surface area contributed by atoms with Crippen LogP contribution in [0.1, 0.15) is 11.3 Å². The molecule has 78 valence electrons. The number of benzene rings is 1. The highest BCUT2D eigenvalue weighted by molar-refractivity contribution is 7.98. The van der Waals surface area contributed by atoms with E-state index in [4.69, 9.17) is 10.2 Å². The molecule has 1 aromatic carbocycles. The fourth-order valence-corrected chi connectivity index (χ4v) is 2.37. The Morgan fingerprint density at radius 3 is 2.87 bits per heavy atom. The molecule has 0 saturated carbocycles.